The fourth-order valence-corrected chi connectivity index (χ4v) is 3.81. The van der Waals surface area contributed by atoms with E-state index in [2.05, 4.69) is 18.7 Å². The quantitative estimate of drug-likeness (QED) is 0.854. The Labute approximate surface area is 117 Å². The van der Waals surface area contributed by atoms with Gasteiger partial charge in [-0.25, -0.2) is 0 Å². The highest BCUT2D eigenvalue weighted by Crippen LogP contribution is 2.31. The number of likely N-dealkylation sites (tertiary alicyclic amines) is 1. The van der Waals surface area contributed by atoms with Crippen LogP contribution in [0, 0.1) is 17.8 Å². The van der Waals surface area contributed by atoms with Crippen molar-refractivity contribution in [2.24, 2.45) is 23.5 Å². The summed E-state index contributed by atoms with van der Waals surface area (Å²) in [4.78, 5) is 14.6. The fourth-order valence-electron chi connectivity index (χ4n) is 3.81. The number of rotatable bonds is 3. The Bertz CT molecular complexity index is 297. The van der Waals surface area contributed by atoms with Crippen molar-refractivity contribution in [1.29, 1.82) is 0 Å². The third-order valence-electron chi connectivity index (χ3n) is 5.22. The van der Waals surface area contributed by atoms with Crippen LogP contribution in [0.3, 0.4) is 0 Å². The van der Waals surface area contributed by atoms with Crippen molar-refractivity contribution < 1.29 is 4.79 Å². The summed E-state index contributed by atoms with van der Waals surface area (Å²) in [5.41, 5.74) is 5.72. The van der Waals surface area contributed by atoms with Crippen LogP contribution < -0.4 is 5.73 Å². The molecule has 2 rings (SSSR count). The van der Waals surface area contributed by atoms with Crippen LogP contribution in [0.2, 0.25) is 0 Å². The monoisotopic (exact) mass is 266 g/mol. The molecule has 110 valence electrons. The van der Waals surface area contributed by atoms with E-state index in [-0.39, 0.29) is 0 Å². The first-order valence-corrected chi connectivity index (χ1v) is 8.09. The van der Waals surface area contributed by atoms with Crippen LogP contribution in [0.15, 0.2) is 0 Å². The Hall–Kier alpha value is -0.570. The van der Waals surface area contributed by atoms with E-state index in [9.17, 15) is 4.79 Å². The van der Waals surface area contributed by atoms with E-state index >= 15 is 0 Å². The van der Waals surface area contributed by atoms with E-state index in [1.807, 2.05) is 0 Å². The summed E-state index contributed by atoms with van der Waals surface area (Å²) in [5, 5.41) is 0. The van der Waals surface area contributed by atoms with E-state index < -0.39 is 0 Å². The van der Waals surface area contributed by atoms with Crippen LogP contribution >= 0.6 is 0 Å². The highest BCUT2D eigenvalue weighted by atomic mass is 16.2. The molecule has 0 aromatic rings. The van der Waals surface area contributed by atoms with Gasteiger partial charge in [0.25, 0.3) is 0 Å². The van der Waals surface area contributed by atoms with Crippen molar-refractivity contribution in [2.45, 2.75) is 64.8 Å². The normalized spacial score (nSPS) is 36.3. The molecule has 2 atom stereocenters. The average Bonchev–Trinajstić information content (AvgIpc) is 2.39. The Morgan fingerprint density at radius 1 is 1.11 bits per heavy atom. The molecule has 1 aliphatic heterocycles. The third-order valence-corrected chi connectivity index (χ3v) is 5.22. The minimum Gasteiger partial charge on any atom is -0.340 e. The Balaban J connectivity index is 1.78. The SMILES string of the molecule is CC1CCN(C(=O)CC2CCC(CN)CC2)C(C)C1. The Morgan fingerprint density at radius 2 is 1.74 bits per heavy atom. The van der Waals surface area contributed by atoms with Crippen molar-refractivity contribution in [3.8, 4) is 0 Å². The first kappa shape index (κ1) is 14.8. The number of carbonyl (C=O) groups excluding carboxylic acids is 1. The summed E-state index contributed by atoms with van der Waals surface area (Å²) in [6.07, 6.45) is 7.97. The van der Waals surface area contributed by atoms with E-state index in [0.29, 0.717) is 23.8 Å². The number of carbonyl (C=O) groups is 1. The summed E-state index contributed by atoms with van der Waals surface area (Å²) in [7, 11) is 0. The van der Waals surface area contributed by atoms with Gasteiger partial charge in [-0.15, -0.1) is 0 Å². The molecule has 3 nitrogen and oxygen atoms in total. The van der Waals surface area contributed by atoms with Gasteiger partial charge in [0.1, 0.15) is 0 Å². The molecule has 1 heterocycles. The molecule has 0 aromatic carbocycles. The largest absolute Gasteiger partial charge is 0.340 e. The van der Waals surface area contributed by atoms with Crippen molar-refractivity contribution in [1.82, 2.24) is 4.90 Å². The van der Waals surface area contributed by atoms with Gasteiger partial charge in [-0.1, -0.05) is 6.92 Å². The van der Waals surface area contributed by atoms with Gasteiger partial charge >= 0.3 is 0 Å². The van der Waals surface area contributed by atoms with Crippen LogP contribution in [0.5, 0.6) is 0 Å². The molecule has 2 unspecified atom stereocenters. The Kier molecular flexibility index (Phi) is 5.26. The van der Waals surface area contributed by atoms with Gasteiger partial charge in [0, 0.05) is 19.0 Å². The molecular weight excluding hydrogens is 236 g/mol. The molecule has 0 bridgehead atoms. The average molecular weight is 266 g/mol. The van der Waals surface area contributed by atoms with Crippen molar-refractivity contribution >= 4 is 5.91 Å². The van der Waals surface area contributed by atoms with Crippen molar-refractivity contribution in [3.05, 3.63) is 0 Å². The summed E-state index contributed by atoms with van der Waals surface area (Å²) in [5.74, 6) is 2.50. The molecule has 19 heavy (non-hydrogen) atoms. The highest BCUT2D eigenvalue weighted by molar-refractivity contribution is 5.76. The molecule has 0 radical (unpaired) electrons. The Morgan fingerprint density at radius 3 is 2.32 bits per heavy atom. The number of piperidine rings is 1. The molecule has 0 spiro atoms. The number of hydrogen-bond acceptors (Lipinski definition) is 2. The maximum Gasteiger partial charge on any atom is 0.223 e. The van der Waals surface area contributed by atoms with Crippen LogP contribution in [-0.2, 0) is 4.79 Å². The number of hydrogen-bond donors (Lipinski definition) is 1. The van der Waals surface area contributed by atoms with Gasteiger partial charge in [-0.05, 0) is 69.7 Å². The minimum atomic E-state index is 0.399. The first-order chi connectivity index (χ1) is 9.10. The molecule has 3 heteroatoms. The zero-order valence-corrected chi connectivity index (χ0v) is 12.6. The first-order valence-electron chi connectivity index (χ1n) is 8.09. The predicted molar refractivity (Wildman–Crippen MR) is 78.7 cm³/mol. The van der Waals surface area contributed by atoms with Gasteiger partial charge in [0.2, 0.25) is 5.91 Å². The van der Waals surface area contributed by atoms with Gasteiger partial charge in [-0.2, -0.15) is 0 Å². The van der Waals surface area contributed by atoms with Crippen molar-refractivity contribution in [2.75, 3.05) is 13.1 Å². The number of nitrogens with zero attached hydrogens (tertiary/aromatic N) is 1. The maximum absolute atomic E-state index is 12.4. The number of nitrogens with two attached hydrogens (primary N) is 1. The molecule has 0 aromatic heterocycles. The minimum absolute atomic E-state index is 0.399. The number of amides is 1. The van der Waals surface area contributed by atoms with Crippen LogP contribution in [0.1, 0.15) is 58.8 Å². The predicted octanol–water partition coefficient (Wildman–Crippen LogP) is 2.79. The molecule has 1 saturated heterocycles. The lowest BCUT2D eigenvalue weighted by Crippen LogP contribution is -2.44. The second-order valence-corrected chi connectivity index (χ2v) is 6.89. The van der Waals surface area contributed by atoms with Gasteiger partial charge in [0.05, 0.1) is 0 Å². The van der Waals surface area contributed by atoms with Crippen LogP contribution in [0.4, 0.5) is 0 Å². The second-order valence-electron chi connectivity index (χ2n) is 6.89. The van der Waals surface area contributed by atoms with E-state index in [0.717, 1.165) is 25.4 Å². The van der Waals surface area contributed by atoms with Crippen molar-refractivity contribution in [3.63, 3.8) is 0 Å². The summed E-state index contributed by atoms with van der Waals surface area (Å²) < 4.78 is 0. The highest BCUT2D eigenvalue weighted by Gasteiger charge is 2.29. The topological polar surface area (TPSA) is 46.3 Å². The van der Waals surface area contributed by atoms with Gasteiger partial charge in [0.15, 0.2) is 0 Å². The van der Waals surface area contributed by atoms with E-state index in [1.165, 1.54) is 38.5 Å². The second kappa shape index (κ2) is 6.74. The van der Waals surface area contributed by atoms with E-state index in [4.69, 9.17) is 5.73 Å². The van der Waals surface area contributed by atoms with Crippen LogP contribution in [-0.4, -0.2) is 29.9 Å². The molecule has 2 N–H and O–H groups in total. The molecule has 2 fully saturated rings. The lowest BCUT2D eigenvalue weighted by Gasteiger charge is -2.38. The zero-order valence-electron chi connectivity index (χ0n) is 12.6. The summed E-state index contributed by atoms with van der Waals surface area (Å²) in [6, 6.07) is 0.441. The molecule has 2 aliphatic rings. The molecule has 1 aliphatic carbocycles. The molecular formula is C16H30N2O. The summed E-state index contributed by atoms with van der Waals surface area (Å²) >= 11 is 0. The summed E-state index contributed by atoms with van der Waals surface area (Å²) in [6.45, 7) is 6.30. The lowest BCUT2D eigenvalue weighted by atomic mass is 9.80. The molecule has 1 saturated carbocycles. The van der Waals surface area contributed by atoms with E-state index in [1.54, 1.807) is 0 Å². The zero-order chi connectivity index (χ0) is 13.8. The molecule has 1 amide bonds. The maximum atomic E-state index is 12.4. The van der Waals surface area contributed by atoms with Crippen LogP contribution in [0.25, 0.3) is 0 Å². The standard InChI is InChI=1S/C16H30N2O/c1-12-7-8-18(13(2)9-12)16(19)10-14-3-5-15(11-17)6-4-14/h12-15H,3-11,17H2,1-2H3. The van der Waals surface area contributed by atoms with Gasteiger partial charge in [-0.3, -0.25) is 4.79 Å². The smallest absolute Gasteiger partial charge is 0.223 e. The third kappa shape index (κ3) is 3.95. The van der Waals surface area contributed by atoms with Gasteiger partial charge < -0.3 is 10.6 Å². The lowest BCUT2D eigenvalue weighted by molar-refractivity contribution is -0.136. The fraction of sp³-hybridized carbons (Fsp3) is 0.938.